The Labute approximate surface area is 100 Å². The highest BCUT2D eigenvalue weighted by Crippen LogP contribution is 2.31. The van der Waals surface area contributed by atoms with Gasteiger partial charge in [0.15, 0.2) is 5.79 Å². The van der Waals surface area contributed by atoms with E-state index in [4.69, 9.17) is 9.47 Å². The van der Waals surface area contributed by atoms with Crippen LogP contribution >= 0.6 is 0 Å². The van der Waals surface area contributed by atoms with Gasteiger partial charge in [0.1, 0.15) is 0 Å². The summed E-state index contributed by atoms with van der Waals surface area (Å²) in [6.45, 7) is 3.39. The summed E-state index contributed by atoms with van der Waals surface area (Å²) in [5.74, 6) is -2.35. The molecule has 6 heteroatoms. The van der Waals surface area contributed by atoms with E-state index in [2.05, 4.69) is 0 Å². The van der Waals surface area contributed by atoms with E-state index >= 15 is 0 Å². The maximum atomic E-state index is 11.3. The predicted octanol–water partition coefficient (Wildman–Crippen LogP) is -0.451. The first-order chi connectivity index (χ1) is 7.86. The molecule has 1 saturated heterocycles. The summed E-state index contributed by atoms with van der Waals surface area (Å²) < 4.78 is 9.99. The van der Waals surface area contributed by atoms with Crippen LogP contribution in [0.3, 0.4) is 0 Å². The zero-order valence-electron chi connectivity index (χ0n) is 10.1. The van der Waals surface area contributed by atoms with Crippen LogP contribution in [0.15, 0.2) is 0 Å². The Balaban J connectivity index is 2.63. The van der Waals surface area contributed by atoms with Gasteiger partial charge < -0.3 is 24.8 Å². The maximum Gasteiger partial charge on any atom is 0.311 e. The monoisotopic (exact) mass is 248 g/mol. The first-order valence-corrected chi connectivity index (χ1v) is 5.78. The lowest BCUT2D eigenvalue weighted by molar-refractivity contribution is -0.287. The van der Waals surface area contributed by atoms with Gasteiger partial charge in [-0.25, -0.2) is 0 Å². The van der Waals surface area contributed by atoms with Gasteiger partial charge in [-0.3, -0.25) is 4.79 Å². The largest absolute Gasteiger partial charge is 0.466 e. The number of carbonyl (C=O) groups excluding carboxylic acids is 1. The Bertz CT molecular complexity index is 267. The molecule has 0 radical (unpaired) electrons. The molecule has 1 heterocycles. The van der Waals surface area contributed by atoms with Crippen molar-refractivity contribution in [3.05, 3.63) is 0 Å². The van der Waals surface area contributed by atoms with Crippen molar-refractivity contribution in [2.45, 2.75) is 57.2 Å². The molecule has 4 atom stereocenters. The summed E-state index contributed by atoms with van der Waals surface area (Å²) in [5, 5.41) is 29.1. The Morgan fingerprint density at radius 3 is 2.82 bits per heavy atom. The topological polar surface area (TPSA) is 96.2 Å². The second-order valence-electron chi connectivity index (χ2n) is 4.42. The Morgan fingerprint density at radius 1 is 1.65 bits per heavy atom. The van der Waals surface area contributed by atoms with Crippen LogP contribution in [0.1, 0.15) is 33.1 Å². The fraction of sp³-hybridized carbons (Fsp3) is 0.909. The molecule has 0 aromatic rings. The lowest BCUT2D eigenvalue weighted by atomic mass is 9.94. The summed E-state index contributed by atoms with van der Waals surface area (Å²) in [6.07, 6.45) is -2.47. The van der Waals surface area contributed by atoms with Gasteiger partial charge in [0, 0.05) is 12.8 Å². The minimum atomic E-state index is -1.76. The third-order valence-corrected chi connectivity index (χ3v) is 2.69. The molecule has 0 aromatic carbocycles. The van der Waals surface area contributed by atoms with E-state index in [-0.39, 0.29) is 25.9 Å². The van der Waals surface area contributed by atoms with Gasteiger partial charge in [-0.15, -0.1) is 0 Å². The van der Waals surface area contributed by atoms with Gasteiger partial charge in [0.25, 0.3) is 0 Å². The van der Waals surface area contributed by atoms with Crippen molar-refractivity contribution in [2.24, 2.45) is 0 Å². The summed E-state index contributed by atoms with van der Waals surface area (Å²) >= 11 is 0. The Morgan fingerprint density at radius 2 is 2.29 bits per heavy atom. The summed E-state index contributed by atoms with van der Waals surface area (Å²) in [7, 11) is 0. The lowest BCUT2D eigenvalue weighted by Crippen LogP contribution is -2.50. The van der Waals surface area contributed by atoms with Gasteiger partial charge >= 0.3 is 5.97 Å². The van der Waals surface area contributed by atoms with Gasteiger partial charge in [-0.2, -0.15) is 0 Å². The highest BCUT2D eigenvalue weighted by atomic mass is 16.6. The smallest absolute Gasteiger partial charge is 0.311 e. The summed E-state index contributed by atoms with van der Waals surface area (Å²) in [6, 6.07) is 0. The number of hydrogen-bond donors (Lipinski definition) is 3. The third kappa shape index (κ3) is 4.23. The van der Waals surface area contributed by atoms with Crippen molar-refractivity contribution >= 4 is 5.97 Å². The molecule has 0 spiro atoms. The van der Waals surface area contributed by atoms with Crippen LogP contribution in [0.2, 0.25) is 0 Å². The molecule has 0 unspecified atom stereocenters. The number of hydrogen-bond acceptors (Lipinski definition) is 6. The number of esters is 1. The predicted molar refractivity (Wildman–Crippen MR) is 58.0 cm³/mol. The van der Waals surface area contributed by atoms with E-state index in [9.17, 15) is 20.1 Å². The zero-order valence-corrected chi connectivity index (χ0v) is 10.1. The molecule has 1 aliphatic rings. The number of rotatable bonds is 4. The van der Waals surface area contributed by atoms with E-state index in [1.165, 1.54) is 6.92 Å². The molecule has 0 amide bonds. The molecule has 1 rings (SSSR count). The lowest BCUT2D eigenvalue weighted by Gasteiger charge is -2.40. The van der Waals surface area contributed by atoms with Crippen molar-refractivity contribution in [1.82, 2.24) is 0 Å². The molecule has 0 aliphatic carbocycles. The fourth-order valence-corrected chi connectivity index (χ4v) is 1.94. The van der Waals surface area contributed by atoms with E-state index < -0.39 is 30.1 Å². The first kappa shape index (κ1) is 14.4. The van der Waals surface area contributed by atoms with Crippen molar-refractivity contribution in [1.29, 1.82) is 0 Å². The van der Waals surface area contributed by atoms with Crippen molar-refractivity contribution in [3.8, 4) is 0 Å². The number of aliphatic hydroxyl groups excluding tert-OH is 2. The van der Waals surface area contributed by atoms with Crippen molar-refractivity contribution < 1.29 is 29.6 Å². The molecule has 3 N–H and O–H groups in total. The highest BCUT2D eigenvalue weighted by Gasteiger charge is 2.42. The molecule has 100 valence electrons. The second-order valence-corrected chi connectivity index (χ2v) is 4.42. The van der Waals surface area contributed by atoms with E-state index in [1.807, 2.05) is 0 Å². The molecule has 0 aromatic heterocycles. The number of ether oxygens (including phenoxy) is 2. The maximum absolute atomic E-state index is 11.3. The Hall–Kier alpha value is -0.690. The number of aliphatic hydroxyl groups is 3. The second kappa shape index (κ2) is 5.77. The molecular formula is C11H20O6. The van der Waals surface area contributed by atoms with E-state index in [0.29, 0.717) is 0 Å². The standard InChI is InChI=1S/C11H20O6/c1-3-16-10(14)6-11(15)5-8(13)4-9(17-11)7(2)12/h7-9,12-13,15H,3-6H2,1-2H3/t7-,8-,9-,11+/m0/s1. The van der Waals surface area contributed by atoms with Gasteiger partial charge in [-0.1, -0.05) is 0 Å². The van der Waals surface area contributed by atoms with Gasteiger partial charge in [-0.05, 0) is 13.8 Å². The molecule has 0 saturated carbocycles. The minimum absolute atomic E-state index is 0.0605. The minimum Gasteiger partial charge on any atom is -0.466 e. The van der Waals surface area contributed by atoms with E-state index in [0.717, 1.165) is 0 Å². The van der Waals surface area contributed by atoms with Crippen LogP contribution < -0.4 is 0 Å². The van der Waals surface area contributed by atoms with Gasteiger partial charge in [0.05, 0.1) is 31.3 Å². The van der Waals surface area contributed by atoms with Crippen LogP contribution in [0.4, 0.5) is 0 Å². The molecule has 0 bridgehead atoms. The molecule has 1 fully saturated rings. The average molecular weight is 248 g/mol. The SMILES string of the molecule is CCOC(=O)C[C@@]1(O)C[C@@H](O)C[C@@H]([C@H](C)O)O1. The van der Waals surface area contributed by atoms with Crippen LogP contribution in [0.25, 0.3) is 0 Å². The van der Waals surface area contributed by atoms with Gasteiger partial charge in [0.2, 0.25) is 0 Å². The third-order valence-electron chi connectivity index (χ3n) is 2.69. The van der Waals surface area contributed by atoms with Crippen molar-refractivity contribution in [3.63, 3.8) is 0 Å². The molecule has 6 nitrogen and oxygen atoms in total. The van der Waals surface area contributed by atoms with Crippen LogP contribution in [0.5, 0.6) is 0 Å². The highest BCUT2D eigenvalue weighted by molar-refractivity contribution is 5.70. The quantitative estimate of drug-likeness (QED) is 0.583. The zero-order chi connectivity index (χ0) is 13.1. The normalized spacial score (nSPS) is 35.4. The van der Waals surface area contributed by atoms with Crippen LogP contribution in [0, 0.1) is 0 Å². The summed E-state index contributed by atoms with van der Waals surface area (Å²) in [4.78, 5) is 11.3. The van der Waals surface area contributed by atoms with Crippen LogP contribution in [-0.4, -0.2) is 52.0 Å². The molecular weight excluding hydrogens is 228 g/mol. The average Bonchev–Trinajstić information content (AvgIpc) is 2.15. The molecule has 17 heavy (non-hydrogen) atoms. The van der Waals surface area contributed by atoms with Crippen LogP contribution in [-0.2, 0) is 14.3 Å². The van der Waals surface area contributed by atoms with Crippen molar-refractivity contribution in [2.75, 3.05) is 6.61 Å². The molecule has 1 aliphatic heterocycles. The fourth-order valence-electron chi connectivity index (χ4n) is 1.94. The first-order valence-electron chi connectivity index (χ1n) is 5.78. The van der Waals surface area contributed by atoms with E-state index in [1.54, 1.807) is 6.92 Å². The summed E-state index contributed by atoms with van der Waals surface area (Å²) in [5.41, 5.74) is 0. The Kier molecular flexibility index (Phi) is 4.88. The number of carbonyl (C=O) groups is 1.